The lowest BCUT2D eigenvalue weighted by atomic mass is 10.2. The normalized spacial score (nSPS) is 10.0. The first-order valence-electron chi connectivity index (χ1n) is 8.77. The summed E-state index contributed by atoms with van der Waals surface area (Å²) in [5.74, 6) is -0.506. The van der Waals surface area contributed by atoms with Gasteiger partial charge in [-0.05, 0) is 48.9 Å². The molecule has 0 bridgehead atoms. The molecule has 0 aliphatic heterocycles. The first-order valence-corrected chi connectivity index (χ1v) is 8.77. The standard InChI is InChI=1S/C20H24N4O3/c1-3-11-21-20(27)15-5-4-6-18(12-15)22-13-19(26)24-17-9-7-16(8-10-17)23-14(2)25/h4-10,12,22H,3,11,13H2,1-2H3,(H,21,27)(H,23,25)(H,24,26). The number of nitrogens with one attached hydrogen (secondary N) is 4. The van der Waals surface area contributed by atoms with Gasteiger partial charge in [0, 0.05) is 36.1 Å². The summed E-state index contributed by atoms with van der Waals surface area (Å²) in [5.41, 5.74) is 2.53. The third kappa shape index (κ3) is 6.81. The van der Waals surface area contributed by atoms with E-state index in [2.05, 4.69) is 21.3 Å². The van der Waals surface area contributed by atoms with E-state index in [1.807, 2.05) is 6.92 Å². The number of benzene rings is 2. The Labute approximate surface area is 158 Å². The number of anilines is 3. The summed E-state index contributed by atoms with van der Waals surface area (Å²) in [6, 6.07) is 13.8. The lowest BCUT2D eigenvalue weighted by Gasteiger charge is -2.10. The Kier molecular flexibility index (Phi) is 7.37. The lowest BCUT2D eigenvalue weighted by Crippen LogP contribution is -2.24. The van der Waals surface area contributed by atoms with Crippen molar-refractivity contribution in [1.82, 2.24) is 5.32 Å². The van der Waals surface area contributed by atoms with Crippen molar-refractivity contribution < 1.29 is 14.4 Å². The highest BCUT2D eigenvalue weighted by Crippen LogP contribution is 2.14. The lowest BCUT2D eigenvalue weighted by molar-refractivity contribution is -0.115. The zero-order chi connectivity index (χ0) is 19.6. The fourth-order valence-electron chi connectivity index (χ4n) is 2.34. The van der Waals surface area contributed by atoms with Gasteiger partial charge in [-0.25, -0.2) is 0 Å². The molecule has 2 aromatic rings. The fraction of sp³-hybridized carbons (Fsp3) is 0.250. The van der Waals surface area contributed by atoms with Crippen LogP contribution < -0.4 is 21.3 Å². The van der Waals surface area contributed by atoms with E-state index in [9.17, 15) is 14.4 Å². The highest BCUT2D eigenvalue weighted by molar-refractivity contribution is 5.96. The maximum atomic E-state index is 12.1. The molecule has 0 aliphatic rings. The Morgan fingerprint density at radius 3 is 2.19 bits per heavy atom. The van der Waals surface area contributed by atoms with Gasteiger partial charge in [0.05, 0.1) is 6.54 Å². The van der Waals surface area contributed by atoms with Crippen LogP contribution in [-0.2, 0) is 9.59 Å². The second-order valence-electron chi connectivity index (χ2n) is 6.00. The van der Waals surface area contributed by atoms with Crippen LogP contribution in [0.15, 0.2) is 48.5 Å². The second kappa shape index (κ2) is 9.96. The molecule has 0 heterocycles. The van der Waals surface area contributed by atoms with Crippen molar-refractivity contribution in [2.75, 3.05) is 29.0 Å². The van der Waals surface area contributed by atoms with E-state index in [1.165, 1.54) is 6.92 Å². The summed E-state index contributed by atoms with van der Waals surface area (Å²) < 4.78 is 0. The zero-order valence-electron chi connectivity index (χ0n) is 15.5. The van der Waals surface area contributed by atoms with Crippen molar-refractivity contribution in [3.8, 4) is 0 Å². The number of carbonyl (C=O) groups is 3. The molecule has 3 amide bonds. The average Bonchev–Trinajstić information content (AvgIpc) is 2.66. The second-order valence-corrected chi connectivity index (χ2v) is 6.00. The summed E-state index contributed by atoms with van der Waals surface area (Å²) in [6.45, 7) is 4.11. The monoisotopic (exact) mass is 368 g/mol. The number of hydrogen-bond acceptors (Lipinski definition) is 4. The molecule has 0 saturated carbocycles. The van der Waals surface area contributed by atoms with Crippen LogP contribution in [0.4, 0.5) is 17.1 Å². The molecule has 0 aromatic heterocycles. The molecule has 2 rings (SSSR count). The topological polar surface area (TPSA) is 99.3 Å². The molecule has 2 aromatic carbocycles. The number of rotatable bonds is 8. The van der Waals surface area contributed by atoms with Gasteiger partial charge in [0.2, 0.25) is 11.8 Å². The van der Waals surface area contributed by atoms with E-state index >= 15 is 0 Å². The molecule has 0 radical (unpaired) electrons. The first-order chi connectivity index (χ1) is 13.0. The minimum Gasteiger partial charge on any atom is -0.376 e. The van der Waals surface area contributed by atoms with Crippen LogP contribution in [-0.4, -0.2) is 30.8 Å². The molecule has 27 heavy (non-hydrogen) atoms. The van der Waals surface area contributed by atoms with Gasteiger partial charge in [-0.3, -0.25) is 14.4 Å². The summed E-state index contributed by atoms with van der Waals surface area (Å²) in [7, 11) is 0. The fourth-order valence-corrected chi connectivity index (χ4v) is 2.34. The van der Waals surface area contributed by atoms with Gasteiger partial charge in [-0.2, -0.15) is 0 Å². The quantitative estimate of drug-likeness (QED) is 0.576. The summed E-state index contributed by atoms with van der Waals surface area (Å²) in [5, 5.41) is 11.2. The minimum atomic E-state index is -0.219. The Balaban J connectivity index is 1.86. The molecule has 4 N–H and O–H groups in total. The molecular weight excluding hydrogens is 344 g/mol. The Morgan fingerprint density at radius 2 is 1.56 bits per heavy atom. The van der Waals surface area contributed by atoms with Crippen molar-refractivity contribution in [2.45, 2.75) is 20.3 Å². The molecule has 0 atom stereocenters. The van der Waals surface area contributed by atoms with Gasteiger partial charge in [0.15, 0.2) is 0 Å². The smallest absolute Gasteiger partial charge is 0.251 e. The average molecular weight is 368 g/mol. The van der Waals surface area contributed by atoms with Gasteiger partial charge in [0.25, 0.3) is 5.91 Å². The van der Waals surface area contributed by atoms with Crippen LogP contribution in [0, 0.1) is 0 Å². The number of carbonyl (C=O) groups excluding carboxylic acids is 3. The van der Waals surface area contributed by atoms with Crippen molar-refractivity contribution in [3.05, 3.63) is 54.1 Å². The molecule has 142 valence electrons. The van der Waals surface area contributed by atoms with Gasteiger partial charge >= 0.3 is 0 Å². The van der Waals surface area contributed by atoms with E-state index in [0.29, 0.717) is 29.2 Å². The van der Waals surface area contributed by atoms with Crippen LogP contribution in [0.3, 0.4) is 0 Å². The van der Waals surface area contributed by atoms with Gasteiger partial charge < -0.3 is 21.3 Å². The van der Waals surface area contributed by atoms with Crippen molar-refractivity contribution in [1.29, 1.82) is 0 Å². The van der Waals surface area contributed by atoms with Crippen LogP contribution in [0.2, 0.25) is 0 Å². The highest BCUT2D eigenvalue weighted by Gasteiger charge is 2.07. The van der Waals surface area contributed by atoms with E-state index in [4.69, 9.17) is 0 Å². The molecule has 0 unspecified atom stereocenters. The van der Waals surface area contributed by atoms with E-state index < -0.39 is 0 Å². The van der Waals surface area contributed by atoms with Gasteiger partial charge in [0.1, 0.15) is 0 Å². The molecular formula is C20H24N4O3. The molecule has 0 spiro atoms. The number of hydrogen-bond donors (Lipinski definition) is 4. The Hall–Kier alpha value is -3.35. The molecule has 0 saturated heterocycles. The van der Waals surface area contributed by atoms with Crippen LogP contribution in [0.5, 0.6) is 0 Å². The molecule has 0 fully saturated rings. The third-order valence-electron chi connectivity index (χ3n) is 3.60. The van der Waals surface area contributed by atoms with Crippen LogP contribution >= 0.6 is 0 Å². The van der Waals surface area contributed by atoms with E-state index in [1.54, 1.807) is 48.5 Å². The molecule has 7 heteroatoms. The van der Waals surface area contributed by atoms with E-state index in [0.717, 1.165) is 6.42 Å². The Bertz CT molecular complexity index is 803. The van der Waals surface area contributed by atoms with Crippen molar-refractivity contribution in [3.63, 3.8) is 0 Å². The number of amides is 3. The maximum absolute atomic E-state index is 12.1. The predicted molar refractivity (Wildman–Crippen MR) is 107 cm³/mol. The third-order valence-corrected chi connectivity index (χ3v) is 3.60. The maximum Gasteiger partial charge on any atom is 0.251 e. The van der Waals surface area contributed by atoms with Crippen LogP contribution in [0.25, 0.3) is 0 Å². The van der Waals surface area contributed by atoms with Gasteiger partial charge in [-0.15, -0.1) is 0 Å². The van der Waals surface area contributed by atoms with Crippen molar-refractivity contribution >= 4 is 34.8 Å². The SMILES string of the molecule is CCCNC(=O)c1cccc(NCC(=O)Nc2ccc(NC(C)=O)cc2)c1. The van der Waals surface area contributed by atoms with Gasteiger partial charge in [-0.1, -0.05) is 13.0 Å². The van der Waals surface area contributed by atoms with Crippen LogP contribution in [0.1, 0.15) is 30.6 Å². The minimum absolute atomic E-state index is 0.0630. The predicted octanol–water partition coefficient (Wildman–Crippen LogP) is 2.84. The summed E-state index contributed by atoms with van der Waals surface area (Å²) >= 11 is 0. The summed E-state index contributed by atoms with van der Waals surface area (Å²) in [6.07, 6.45) is 0.871. The zero-order valence-corrected chi connectivity index (χ0v) is 15.5. The first kappa shape index (κ1) is 20.0. The largest absolute Gasteiger partial charge is 0.376 e. The Morgan fingerprint density at radius 1 is 0.889 bits per heavy atom. The molecule has 0 aliphatic carbocycles. The van der Waals surface area contributed by atoms with Crippen molar-refractivity contribution in [2.24, 2.45) is 0 Å². The molecule has 7 nitrogen and oxygen atoms in total. The van der Waals surface area contributed by atoms with E-state index in [-0.39, 0.29) is 24.3 Å². The highest BCUT2D eigenvalue weighted by atomic mass is 16.2. The summed E-state index contributed by atoms with van der Waals surface area (Å²) in [4.78, 5) is 35.1.